The summed E-state index contributed by atoms with van der Waals surface area (Å²) < 4.78 is 0. The molecule has 4 rings (SSSR count). The Morgan fingerprint density at radius 2 is 1.83 bits per heavy atom. The Hall–Kier alpha value is -0.370. The molecule has 4 saturated carbocycles. The summed E-state index contributed by atoms with van der Waals surface area (Å²) >= 11 is 0. The van der Waals surface area contributed by atoms with Crippen molar-refractivity contribution in [2.45, 2.75) is 84.7 Å². The minimum atomic E-state index is -0.341. The lowest BCUT2D eigenvalue weighted by Gasteiger charge is -2.60. The normalized spacial score (nSPS) is 54.1. The standard InChI is InChI=1S/C21H34O2/c1-13(22)16-9-10-17-15-8-7-14-6-4-5-11-20(14,2)18(15)12-19(23)21(16,17)3/h13-18,22H,4-12H2,1-3H3. The molecule has 23 heavy (non-hydrogen) atoms. The van der Waals surface area contributed by atoms with Gasteiger partial charge in [-0.25, -0.2) is 0 Å². The average Bonchev–Trinajstić information content (AvgIpc) is 2.87. The van der Waals surface area contributed by atoms with Crippen LogP contribution in [0, 0.1) is 40.4 Å². The molecule has 8 unspecified atom stereocenters. The quantitative estimate of drug-likeness (QED) is 0.767. The molecule has 1 N–H and O–H groups in total. The van der Waals surface area contributed by atoms with Crippen LogP contribution in [0.1, 0.15) is 78.6 Å². The van der Waals surface area contributed by atoms with Crippen molar-refractivity contribution in [2.75, 3.05) is 0 Å². The maximum atomic E-state index is 13.3. The number of hydrogen-bond donors (Lipinski definition) is 1. The van der Waals surface area contributed by atoms with Crippen LogP contribution in [0.5, 0.6) is 0 Å². The van der Waals surface area contributed by atoms with Gasteiger partial charge in [0, 0.05) is 11.8 Å². The van der Waals surface area contributed by atoms with E-state index in [9.17, 15) is 9.90 Å². The molecule has 4 fully saturated rings. The number of fused-ring (bicyclic) bond motifs is 5. The van der Waals surface area contributed by atoms with E-state index in [-0.39, 0.29) is 17.4 Å². The highest BCUT2D eigenvalue weighted by molar-refractivity contribution is 5.87. The number of rotatable bonds is 1. The van der Waals surface area contributed by atoms with Crippen LogP contribution >= 0.6 is 0 Å². The van der Waals surface area contributed by atoms with Gasteiger partial charge in [0.2, 0.25) is 0 Å². The molecule has 2 heteroatoms. The van der Waals surface area contributed by atoms with Gasteiger partial charge in [-0.05, 0) is 80.5 Å². The van der Waals surface area contributed by atoms with E-state index in [1.807, 2.05) is 6.92 Å². The Kier molecular flexibility index (Phi) is 3.72. The van der Waals surface area contributed by atoms with E-state index in [2.05, 4.69) is 13.8 Å². The Morgan fingerprint density at radius 1 is 1.04 bits per heavy atom. The van der Waals surface area contributed by atoms with Gasteiger partial charge in [0.15, 0.2) is 0 Å². The van der Waals surface area contributed by atoms with Gasteiger partial charge in [0.1, 0.15) is 5.78 Å². The summed E-state index contributed by atoms with van der Waals surface area (Å²) in [5, 5.41) is 10.3. The lowest BCUT2D eigenvalue weighted by atomic mass is 9.44. The third kappa shape index (κ3) is 2.06. The van der Waals surface area contributed by atoms with E-state index >= 15 is 0 Å². The highest BCUT2D eigenvalue weighted by Crippen LogP contribution is 2.66. The van der Waals surface area contributed by atoms with Gasteiger partial charge in [0.05, 0.1) is 6.10 Å². The van der Waals surface area contributed by atoms with Crippen LogP contribution in [0.4, 0.5) is 0 Å². The fraction of sp³-hybridized carbons (Fsp3) is 0.952. The minimum absolute atomic E-state index is 0.192. The second kappa shape index (κ2) is 5.31. The van der Waals surface area contributed by atoms with E-state index < -0.39 is 0 Å². The largest absolute Gasteiger partial charge is 0.393 e. The molecule has 0 aromatic rings. The highest BCUT2D eigenvalue weighted by atomic mass is 16.3. The summed E-state index contributed by atoms with van der Waals surface area (Å²) in [7, 11) is 0. The SMILES string of the molecule is CC(O)C1CCC2C3CCC4CCCCC4(C)C3CC(=O)C12C. The maximum Gasteiger partial charge on any atom is 0.139 e. The van der Waals surface area contributed by atoms with Gasteiger partial charge in [-0.15, -0.1) is 0 Å². The van der Waals surface area contributed by atoms with Crippen molar-refractivity contribution in [2.24, 2.45) is 40.4 Å². The maximum absolute atomic E-state index is 13.3. The number of carbonyl (C=O) groups is 1. The predicted molar refractivity (Wildman–Crippen MR) is 91.9 cm³/mol. The van der Waals surface area contributed by atoms with Crippen molar-refractivity contribution in [1.82, 2.24) is 0 Å². The molecule has 0 heterocycles. The van der Waals surface area contributed by atoms with Crippen LogP contribution in [0.2, 0.25) is 0 Å². The number of aliphatic hydroxyl groups is 1. The van der Waals surface area contributed by atoms with Gasteiger partial charge in [0.25, 0.3) is 0 Å². The molecule has 0 amide bonds. The fourth-order valence-corrected chi connectivity index (χ4v) is 7.81. The molecule has 0 aromatic heterocycles. The first-order valence-corrected chi connectivity index (χ1v) is 10.1. The number of ketones is 1. The third-order valence-corrected chi connectivity index (χ3v) is 9.10. The molecular formula is C21H34O2. The molecular weight excluding hydrogens is 284 g/mol. The molecule has 0 saturated heterocycles. The minimum Gasteiger partial charge on any atom is -0.393 e. The molecule has 4 aliphatic carbocycles. The van der Waals surface area contributed by atoms with Crippen LogP contribution in [0.25, 0.3) is 0 Å². The van der Waals surface area contributed by atoms with Gasteiger partial charge >= 0.3 is 0 Å². The van der Waals surface area contributed by atoms with Crippen LogP contribution in [0.3, 0.4) is 0 Å². The van der Waals surface area contributed by atoms with E-state index in [0.717, 1.165) is 24.7 Å². The molecule has 4 aliphatic rings. The Morgan fingerprint density at radius 3 is 2.57 bits per heavy atom. The first kappa shape index (κ1) is 16.1. The van der Waals surface area contributed by atoms with Crippen molar-refractivity contribution in [3.8, 4) is 0 Å². The van der Waals surface area contributed by atoms with Crippen molar-refractivity contribution in [1.29, 1.82) is 0 Å². The molecule has 8 atom stereocenters. The zero-order valence-corrected chi connectivity index (χ0v) is 15.2. The summed E-state index contributed by atoms with van der Waals surface area (Å²) in [4.78, 5) is 13.3. The Bertz CT molecular complexity index is 498. The summed E-state index contributed by atoms with van der Waals surface area (Å²) in [5.74, 6) is 3.44. The first-order valence-electron chi connectivity index (χ1n) is 10.1. The fourth-order valence-electron chi connectivity index (χ4n) is 7.81. The summed E-state index contributed by atoms with van der Waals surface area (Å²) in [6.07, 6.45) is 10.9. The van der Waals surface area contributed by atoms with Crippen molar-refractivity contribution in [3.05, 3.63) is 0 Å². The number of aliphatic hydroxyl groups excluding tert-OH is 1. The second-order valence-electron chi connectivity index (χ2n) is 9.74. The summed E-state index contributed by atoms with van der Waals surface area (Å²) in [6, 6.07) is 0. The Balaban J connectivity index is 1.68. The predicted octanol–water partition coefficient (Wildman–Crippen LogP) is 4.60. The third-order valence-electron chi connectivity index (χ3n) is 9.10. The van der Waals surface area contributed by atoms with Gasteiger partial charge in [-0.1, -0.05) is 26.7 Å². The lowest BCUT2D eigenvalue weighted by Crippen LogP contribution is -2.57. The van der Waals surface area contributed by atoms with E-state index in [0.29, 0.717) is 23.0 Å². The van der Waals surface area contributed by atoms with Crippen LogP contribution in [0.15, 0.2) is 0 Å². The van der Waals surface area contributed by atoms with Crippen LogP contribution in [-0.2, 0) is 4.79 Å². The molecule has 0 aliphatic heterocycles. The van der Waals surface area contributed by atoms with Crippen LogP contribution in [-0.4, -0.2) is 17.0 Å². The zero-order chi connectivity index (χ0) is 16.4. The number of Topliss-reactive ketones (excluding diaryl/α,β-unsaturated/α-hetero) is 1. The van der Waals surface area contributed by atoms with Gasteiger partial charge in [-0.2, -0.15) is 0 Å². The first-order chi connectivity index (χ1) is 10.9. The van der Waals surface area contributed by atoms with Crippen molar-refractivity contribution in [3.63, 3.8) is 0 Å². The monoisotopic (exact) mass is 318 g/mol. The molecule has 0 aromatic carbocycles. The van der Waals surface area contributed by atoms with Crippen LogP contribution < -0.4 is 0 Å². The average molecular weight is 319 g/mol. The summed E-state index contributed by atoms with van der Waals surface area (Å²) in [5.41, 5.74) is 0.175. The lowest BCUT2D eigenvalue weighted by molar-refractivity contribution is -0.159. The molecule has 0 bridgehead atoms. The molecule has 0 spiro atoms. The second-order valence-corrected chi connectivity index (χ2v) is 9.74. The molecule has 2 nitrogen and oxygen atoms in total. The van der Waals surface area contributed by atoms with E-state index in [1.165, 1.54) is 44.9 Å². The van der Waals surface area contributed by atoms with E-state index in [1.54, 1.807) is 0 Å². The zero-order valence-electron chi connectivity index (χ0n) is 15.2. The van der Waals surface area contributed by atoms with Gasteiger partial charge in [-0.3, -0.25) is 4.79 Å². The molecule has 130 valence electrons. The Labute approximate surface area is 141 Å². The topological polar surface area (TPSA) is 37.3 Å². The van der Waals surface area contributed by atoms with E-state index in [4.69, 9.17) is 0 Å². The van der Waals surface area contributed by atoms with Crippen molar-refractivity contribution >= 4 is 5.78 Å². The molecule has 0 radical (unpaired) electrons. The number of hydrogen-bond acceptors (Lipinski definition) is 2. The van der Waals surface area contributed by atoms with Gasteiger partial charge < -0.3 is 5.11 Å². The number of carbonyl (C=O) groups excluding carboxylic acids is 1. The smallest absolute Gasteiger partial charge is 0.139 e. The summed E-state index contributed by atoms with van der Waals surface area (Å²) in [6.45, 7) is 6.62. The van der Waals surface area contributed by atoms with Crippen molar-refractivity contribution < 1.29 is 9.90 Å². The highest BCUT2D eigenvalue weighted by Gasteiger charge is 2.63.